The molecule has 3 nitrogen and oxygen atoms in total. The first-order valence-electron chi connectivity index (χ1n) is 6.88. The van der Waals surface area contributed by atoms with Gasteiger partial charge in [0.05, 0.1) is 11.3 Å². The molecule has 0 radical (unpaired) electrons. The van der Waals surface area contributed by atoms with E-state index in [1.54, 1.807) is 12.1 Å². The number of carbonyl (C=O) groups is 1. The van der Waals surface area contributed by atoms with E-state index in [-0.39, 0.29) is 0 Å². The van der Waals surface area contributed by atoms with Gasteiger partial charge in [0.25, 0.3) is 0 Å². The van der Waals surface area contributed by atoms with Crippen molar-refractivity contribution in [1.82, 2.24) is 0 Å². The summed E-state index contributed by atoms with van der Waals surface area (Å²) < 4.78 is 0.861. The molecule has 1 N–H and O–H groups in total. The lowest BCUT2D eigenvalue weighted by atomic mass is 10.1. The molecule has 0 amide bonds. The van der Waals surface area contributed by atoms with Crippen molar-refractivity contribution in [1.29, 1.82) is 0 Å². The second-order valence-corrected chi connectivity index (χ2v) is 5.52. The van der Waals surface area contributed by atoms with Crippen LogP contribution in [0.2, 0.25) is 0 Å². The molecule has 0 saturated carbocycles. The molecule has 0 fully saturated rings. The maximum absolute atomic E-state index is 10.9. The van der Waals surface area contributed by atoms with E-state index in [4.69, 9.17) is 5.11 Å². The third-order valence-corrected chi connectivity index (χ3v) is 3.73. The molecule has 0 aliphatic heterocycles. The lowest BCUT2D eigenvalue weighted by molar-refractivity contribution is 0.0697. The highest BCUT2D eigenvalue weighted by Crippen LogP contribution is 2.28. The van der Waals surface area contributed by atoms with E-state index in [1.807, 2.05) is 6.07 Å². The largest absolute Gasteiger partial charge is 0.478 e. The SMILES string of the molecule is CCCCN(CCCC)c1ccc(C(=O)O)cc1Br. The van der Waals surface area contributed by atoms with E-state index in [0.29, 0.717) is 5.56 Å². The number of carboxylic acids is 1. The second kappa shape index (κ2) is 8.20. The van der Waals surface area contributed by atoms with Gasteiger partial charge >= 0.3 is 5.97 Å². The zero-order valence-corrected chi connectivity index (χ0v) is 13.2. The van der Waals surface area contributed by atoms with E-state index >= 15 is 0 Å². The van der Waals surface area contributed by atoms with Gasteiger partial charge in [0.2, 0.25) is 0 Å². The van der Waals surface area contributed by atoms with Crippen LogP contribution in [0.15, 0.2) is 22.7 Å². The van der Waals surface area contributed by atoms with Gasteiger partial charge in [-0.15, -0.1) is 0 Å². The highest BCUT2D eigenvalue weighted by molar-refractivity contribution is 9.10. The van der Waals surface area contributed by atoms with Gasteiger partial charge in [-0.25, -0.2) is 4.79 Å². The highest BCUT2D eigenvalue weighted by atomic mass is 79.9. The number of rotatable bonds is 8. The van der Waals surface area contributed by atoms with Crippen LogP contribution in [0.3, 0.4) is 0 Å². The third kappa shape index (κ3) is 4.86. The molecule has 1 aromatic rings. The number of anilines is 1. The van der Waals surface area contributed by atoms with Crippen LogP contribution in [-0.4, -0.2) is 24.2 Å². The summed E-state index contributed by atoms with van der Waals surface area (Å²) in [6, 6.07) is 5.26. The molecule has 0 heterocycles. The van der Waals surface area contributed by atoms with Gasteiger partial charge in [-0.1, -0.05) is 26.7 Å². The molecule has 1 rings (SSSR count). The Morgan fingerprint density at radius 1 is 1.21 bits per heavy atom. The van der Waals surface area contributed by atoms with Gasteiger partial charge < -0.3 is 10.0 Å². The molecule has 0 aliphatic rings. The first-order valence-corrected chi connectivity index (χ1v) is 7.67. The number of carboxylic acid groups (broad SMARTS) is 1. The van der Waals surface area contributed by atoms with Crippen LogP contribution in [0, 0.1) is 0 Å². The third-order valence-electron chi connectivity index (χ3n) is 3.10. The molecule has 0 spiro atoms. The number of nitrogens with zero attached hydrogens (tertiary/aromatic N) is 1. The summed E-state index contributed by atoms with van der Waals surface area (Å²) in [7, 11) is 0. The quantitative estimate of drug-likeness (QED) is 0.761. The van der Waals surface area contributed by atoms with Crippen LogP contribution in [0.4, 0.5) is 5.69 Å². The maximum atomic E-state index is 10.9. The first kappa shape index (κ1) is 16.0. The van der Waals surface area contributed by atoms with Crippen molar-refractivity contribution in [2.75, 3.05) is 18.0 Å². The molecule has 0 aliphatic carbocycles. The Balaban J connectivity index is 2.90. The number of aromatic carboxylic acids is 1. The Bertz CT molecular complexity index is 413. The average Bonchev–Trinajstić information content (AvgIpc) is 2.39. The van der Waals surface area contributed by atoms with Crippen molar-refractivity contribution in [2.24, 2.45) is 0 Å². The summed E-state index contributed by atoms with van der Waals surface area (Å²) in [6.45, 7) is 6.39. The van der Waals surface area contributed by atoms with E-state index < -0.39 is 5.97 Å². The van der Waals surface area contributed by atoms with Crippen molar-refractivity contribution >= 4 is 27.6 Å². The van der Waals surface area contributed by atoms with Gasteiger partial charge in [0, 0.05) is 17.6 Å². The molecular weight excluding hydrogens is 306 g/mol. The Kier molecular flexibility index (Phi) is 6.92. The molecule has 0 unspecified atom stereocenters. The fourth-order valence-corrected chi connectivity index (χ4v) is 2.58. The second-order valence-electron chi connectivity index (χ2n) is 4.67. The minimum atomic E-state index is -0.888. The minimum absolute atomic E-state index is 0.321. The predicted molar refractivity (Wildman–Crippen MR) is 83.1 cm³/mol. The summed E-state index contributed by atoms with van der Waals surface area (Å²) in [6.07, 6.45) is 4.62. The number of hydrogen-bond donors (Lipinski definition) is 1. The lowest BCUT2D eigenvalue weighted by Gasteiger charge is -2.26. The molecule has 4 heteroatoms. The lowest BCUT2D eigenvalue weighted by Crippen LogP contribution is -2.26. The standard InChI is InChI=1S/C15H22BrNO2/c1-3-5-9-17(10-6-4-2)14-8-7-12(15(18)19)11-13(14)16/h7-8,11H,3-6,9-10H2,1-2H3,(H,18,19). The Morgan fingerprint density at radius 2 is 1.79 bits per heavy atom. The molecule has 0 bridgehead atoms. The fraction of sp³-hybridized carbons (Fsp3) is 0.533. The van der Waals surface area contributed by atoms with Crippen LogP contribution in [-0.2, 0) is 0 Å². The summed E-state index contributed by atoms with van der Waals surface area (Å²) >= 11 is 3.49. The van der Waals surface area contributed by atoms with Crippen molar-refractivity contribution in [2.45, 2.75) is 39.5 Å². The topological polar surface area (TPSA) is 40.5 Å². The summed E-state index contributed by atoms with van der Waals surface area (Å²) in [5, 5.41) is 8.99. The van der Waals surface area contributed by atoms with Crippen molar-refractivity contribution < 1.29 is 9.90 Å². The minimum Gasteiger partial charge on any atom is -0.478 e. The number of unbranched alkanes of at least 4 members (excludes halogenated alkanes) is 2. The molecule has 0 aromatic heterocycles. The molecule has 0 atom stereocenters. The number of halogens is 1. The van der Waals surface area contributed by atoms with Gasteiger partial charge in [-0.2, -0.15) is 0 Å². The van der Waals surface area contributed by atoms with Crippen molar-refractivity contribution in [3.8, 4) is 0 Å². The number of hydrogen-bond acceptors (Lipinski definition) is 2. The molecule has 1 aromatic carbocycles. The first-order chi connectivity index (χ1) is 9.10. The van der Waals surface area contributed by atoms with E-state index in [0.717, 1.165) is 48.9 Å². The monoisotopic (exact) mass is 327 g/mol. The summed E-state index contributed by atoms with van der Waals surface area (Å²) in [4.78, 5) is 13.3. The zero-order valence-electron chi connectivity index (χ0n) is 11.7. The molecule has 0 saturated heterocycles. The fourth-order valence-electron chi connectivity index (χ4n) is 1.95. The van der Waals surface area contributed by atoms with Crippen molar-refractivity contribution in [3.05, 3.63) is 28.2 Å². The average molecular weight is 328 g/mol. The highest BCUT2D eigenvalue weighted by Gasteiger charge is 2.12. The van der Waals surface area contributed by atoms with Gasteiger partial charge in [-0.05, 0) is 47.0 Å². The van der Waals surface area contributed by atoms with E-state index in [1.165, 1.54) is 0 Å². The van der Waals surface area contributed by atoms with Gasteiger partial charge in [0.1, 0.15) is 0 Å². The predicted octanol–water partition coefficient (Wildman–Crippen LogP) is 4.55. The number of benzene rings is 1. The normalized spacial score (nSPS) is 10.5. The Labute approximate surface area is 123 Å². The summed E-state index contributed by atoms with van der Waals surface area (Å²) in [5.74, 6) is -0.888. The van der Waals surface area contributed by atoms with Gasteiger partial charge in [-0.3, -0.25) is 0 Å². The van der Waals surface area contributed by atoms with Crippen LogP contribution < -0.4 is 4.90 Å². The maximum Gasteiger partial charge on any atom is 0.335 e. The smallest absolute Gasteiger partial charge is 0.335 e. The summed E-state index contributed by atoms with van der Waals surface area (Å²) in [5.41, 5.74) is 1.41. The van der Waals surface area contributed by atoms with Crippen LogP contribution in [0.25, 0.3) is 0 Å². The van der Waals surface area contributed by atoms with E-state index in [2.05, 4.69) is 34.7 Å². The molecule has 106 valence electrons. The molecular formula is C15H22BrNO2. The van der Waals surface area contributed by atoms with E-state index in [9.17, 15) is 4.79 Å². The van der Waals surface area contributed by atoms with Crippen LogP contribution in [0.1, 0.15) is 49.9 Å². The van der Waals surface area contributed by atoms with Crippen LogP contribution >= 0.6 is 15.9 Å². The van der Waals surface area contributed by atoms with Crippen molar-refractivity contribution in [3.63, 3.8) is 0 Å². The zero-order chi connectivity index (χ0) is 14.3. The Morgan fingerprint density at radius 3 is 2.21 bits per heavy atom. The Hall–Kier alpha value is -1.03. The molecule has 19 heavy (non-hydrogen) atoms. The van der Waals surface area contributed by atoms with Gasteiger partial charge in [0.15, 0.2) is 0 Å². The van der Waals surface area contributed by atoms with Crippen LogP contribution in [0.5, 0.6) is 0 Å².